The molecule has 0 spiro atoms. The van der Waals surface area contributed by atoms with Gasteiger partial charge in [-0.3, -0.25) is 9.59 Å². The number of furan rings is 1. The van der Waals surface area contributed by atoms with Crippen LogP contribution in [0.4, 0.5) is 0 Å². The first-order valence-electron chi connectivity index (χ1n) is 9.85. The summed E-state index contributed by atoms with van der Waals surface area (Å²) in [5, 5.41) is 6.57. The predicted octanol–water partition coefficient (Wildman–Crippen LogP) is 2.19. The van der Waals surface area contributed by atoms with Gasteiger partial charge in [-0.25, -0.2) is 18.6 Å². The lowest BCUT2D eigenvalue weighted by Crippen LogP contribution is -2.37. The summed E-state index contributed by atoms with van der Waals surface area (Å²) in [6.45, 7) is 0.0619. The highest BCUT2D eigenvalue weighted by molar-refractivity contribution is 7.89. The van der Waals surface area contributed by atoms with Crippen LogP contribution in [-0.2, 0) is 32.7 Å². The zero-order valence-corrected chi connectivity index (χ0v) is 19.5. The number of nitrogens with one attached hydrogen (secondary N) is 3. The fourth-order valence-electron chi connectivity index (χ4n) is 2.63. The lowest BCUT2D eigenvalue weighted by molar-refractivity contribution is -0.139. The maximum Gasteiger partial charge on any atom is 0.329 e. The van der Waals surface area contributed by atoms with E-state index in [-0.39, 0.29) is 23.7 Å². The molecule has 2 aromatic carbocycles. The molecular weight excluding hydrogens is 484 g/mol. The van der Waals surface area contributed by atoms with E-state index in [0.717, 1.165) is 5.56 Å². The van der Waals surface area contributed by atoms with Crippen LogP contribution < -0.4 is 20.2 Å². The topological polar surface area (TPSA) is 139 Å². The Hall–Kier alpha value is -3.67. The van der Waals surface area contributed by atoms with Crippen molar-refractivity contribution in [2.45, 2.75) is 18.0 Å². The normalized spacial score (nSPS) is 11.4. The molecule has 3 N–H and O–H groups in total. The first kappa shape index (κ1) is 25.0. The van der Waals surface area contributed by atoms with E-state index in [0.29, 0.717) is 16.5 Å². The monoisotopic (exact) mass is 504 g/mol. The van der Waals surface area contributed by atoms with Crippen molar-refractivity contribution in [2.24, 2.45) is 5.10 Å². The molecule has 0 fully saturated rings. The number of halogens is 1. The van der Waals surface area contributed by atoms with E-state index in [9.17, 15) is 18.0 Å². The summed E-state index contributed by atoms with van der Waals surface area (Å²) in [6.07, 6.45) is 1.19. The van der Waals surface area contributed by atoms with Crippen LogP contribution in [0.1, 0.15) is 17.1 Å². The van der Waals surface area contributed by atoms with Gasteiger partial charge in [0, 0.05) is 11.6 Å². The lowest BCUT2D eigenvalue weighted by atomic mass is 10.2. The van der Waals surface area contributed by atoms with Crippen molar-refractivity contribution in [3.8, 4) is 5.75 Å². The lowest BCUT2D eigenvalue weighted by Gasteiger charge is -2.05. The minimum atomic E-state index is -3.74. The number of hydrogen-bond donors (Lipinski definition) is 3. The van der Waals surface area contributed by atoms with Gasteiger partial charge in [0.05, 0.1) is 24.8 Å². The van der Waals surface area contributed by atoms with Gasteiger partial charge in [-0.05, 0) is 54.1 Å². The fourth-order valence-corrected chi connectivity index (χ4v) is 3.75. The van der Waals surface area contributed by atoms with Gasteiger partial charge in [-0.1, -0.05) is 23.7 Å². The van der Waals surface area contributed by atoms with E-state index in [1.807, 2.05) is 0 Å². The molecule has 1 heterocycles. The van der Waals surface area contributed by atoms with E-state index in [2.05, 4.69) is 20.6 Å². The molecule has 34 heavy (non-hydrogen) atoms. The van der Waals surface area contributed by atoms with Gasteiger partial charge in [0.2, 0.25) is 10.0 Å². The molecule has 3 rings (SSSR count). The van der Waals surface area contributed by atoms with Gasteiger partial charge in [0.15, 0.2) is 0 Å². The van der Waals surface area contributed by atoms with Crippen LogP contribution in [0.5, 0.6) is 5.75 Å². The number of hydrazone groups is 1. The maximum atomic E-state index is 12.3. The number of sulfonamides is 1. The zero-order chi connectivity index (χ0) is 24.6. The van der Waals surface area contributed by atoms with Crippen LogP contribution in [0.2, 0.25) is 5.02 Å². The molecule has 3 aromatic rings. The highest BCUT2D eigenvalue weighted by atomic mass is 35.5. The number of methoxy groups -OCH3 is 1. The zero-order valence-electron chi connectivity index (χ0n) is 17.9. The predicted molar refractivity (Wildman–Crippen MR) is 125 cm³/mol. The molecule has 1 aromatic heterocycles. The number of carbonyl (C=O) groups is 2. The number of amides is 2. The van der Waals surface area contributed by atoms with Gasteiger partial charge in [-0.2, -0.15) is 5.10 Å². The molecule has 0 atom stereocenters. The number of rotatable bonds is 9. The number of carbonyl (C=O) groups excluding carboxylic acids is 2. The first-order valence-corrected chi connectivity index (χ1v) is 11.7. The van der Waals surface area contributed by atoms with E-state index < -0.39 is 21.8 Å². The van der Waals surface area contributed by atoms with Crippen LogP contribution in [0, 0.1) is 0 Å². The Labute approximate surface area is 201 Å². The van der Waals surface area contributed by atoms with Gasteiger partial charge in [0.1, 0.15) is 17.3 Å². The summed E-state index contributed by atoms with van der Waals surface area (Å²) < 4.78 is 37.5. The van der Waals surface area contributed by atoms with Crippen LogP contribution in [0.25, 0.3) is 0 Å². The van der Waals surface area contributed by atoms with Crippen molar-refractivity contribution in [3.63, 3.8) is 0 Å². The number of benzene rings is 2. The van der Waals surface area contributed by atoms with Crippen LogP contribution in [0.15, 0.2) is 75.1 Å². The summed E-state index contributed by atoms with van der Waals surface area (Å²) in [5.74, 6) is -0.554. The highest BCUT2D eigenvalue weighted by Gasteiger charge is 2.15. The maximum absolute atomic E-state index is 12.3. The molecule has 0 aliphatic heterocycles. The molecule has 10 nitrogen and oxygen atoms in total. The Kier molecular flexibility index (Phi) is 8.41. The van der Waals surface area contributed by atoms with E-state index in [1.165, 1.54) is 36.5 Å². The fraction of sp³-hybridized carbons (Fsp3) is 0.136. The van der Waals surface area contributed by atoms with Crippen molar-refractivity contribution in [2.75, 3.05) is 7.11 Å². The molecule has 0 radical (unpaired) electrons. The average Bonchev–Trinajstić information content (AvgIpc) is 3.29. The molecule has 2 amide bonds. The van der Waals surface area contributed by atoms with Crippen molar-refractivity contribution in [1.82, 2.24) is 15.5 Å². The van der Waals surface area contributed by atoms with Gasteiger partial charge >= 0.3 is 11.8 Å². The van der Waals surface area contributed by atoms with E-state index >= 15 is 0 Å². The molecule has 12 heteroatoms. The van der Waals surface area contributed by atoms with Crippen LogP contribution >= 0.6 is 11.6 Å². The summed E-state index contributed by atoms with van der Waals surface area (Å²) in [7, 11) is -2.19. The molecule has 0 saturated heterocycles. The second-order valence-electron chi connectivity index (χ2n) is 6.81. The highest BCUT2D eigenvalue weighted by Crippen LogP contribution is 2.15. The van der Waals surface area contributed by atoms with E-state index in [4.69, 9.17) is 20.8 Å². The van der Waals surface area contributed by atoms with Crippen molar-refractivity contribution < 1.29 is 27.2 Å². The van der Waals surface area contributed by atoms with Gasteiger partial charge in [-0.15, -0.1) is 0 Å². The Bertz CT molecular complexity index is 1270. The van der Waals surface area contributed by atoms with E-state index in [1.54, 1.807) is 37.4 Å². The number of ether oxygens (including phenoxy) is 1. The molecular formula is C22H21ClN4O6S. The Morgan fingerprint density at radius 2 is 1.71 bits per heavy atom. The first-order chi connectivity index (χ1) is 16.3. The average molecular weight is 505 g/mol. The van der Waals surface area contributed by atoms with Gasteiger partial charge in [0.25, 0.3) is 0 Å². The minimum absolute atomic E-state index is 0.0678. The summed E-state index contributed by atoms with van der Waals surface area (Å²) in [5.41, 5.74) is 2.89. The molecule has 0 aliphatic rings. The Balaban J connectivity index is 1.45. The van der Waals surface area contributed by atoms with Crippen molar-refractivity contribution >= 4 is 39.7 Å². The SMILES string of the molecule is COc1ccc(CNC(=O)C(=O)N/N=C/c2ccc(CNS(=O)(=O)c3ccc(Cl)cc3)o2)cc1. The Morgan fingerprint density at radius 3 is 2.38 bits per heavy atom. The largest absolute Gasteiger partial charge is 0.497 e. The molecule has 178 valence electrons. The third kappa shape index (κ3) is 7.17. The summed E-state index contributed by atoms with van der Waals surface area (Å²) in [6, 6.07) is 15.8. The standard InChI is InChI=1S/C22H21ClN4O6S/c1-32-17-6-2-15(3-7-17)12-24-21(28)22(29)27-25-13-18-8-9-19(33-18)14-26-34(30,31)20-10-4-16(23)5-11-20/h2-11,13,26H,12,14H2,1H3,(H,24,28)(H,27,29)/b25-13+. The molecule has 0 bridgehead atoms. The third-order valence-electron chi connectivity index (χ3n) is 4.42. The smallest absolute Gasteiger partial charge is 0.329 e. The second-order valence-corrected chi connectivity index (χ2v) is 9.02. The molecule has 0 saturated carbocycles. The third-order valence-corrected chi connectivity index (χ3v) is 6.09. The van der Waals surface area contributed by atoms with Crippen LogP contribution in [-0.4, -0.2) is 33.6 Å². The Morgan fingerprint density at radius 1 is 1.00 bits per heavy atom. The summed E-state index contributed by atoms with van der Waals surface area (Å²) >= 11 is 5.77. The number of nitrogens with zero attached hydrogens (tertiary/aromatic N) is 1. The second kappa shape index (κ2) is 11.5. The summed E-state index contributed by atoms with van der Waals surface area (Å²) in [4.78, 5) is 23.8. The van der Waals surface area contributed by atoms with Crippen molar-refractivity contribution in [1.29, 1.82) is 0 Å². The molecule has 0 unspecified atom stereocenters. The quantitative estimate of drug-likeness (QED) is 0.232. The number of hydrogen-bond acceptors (Lipinski definition) is 7. The van der Waals surface area contributed by atoms with Gasteiger partial charge < -0.3 is 14.5 Å². The van der Waals surface area contributed by atoms with Crippen molar-refractivity contribution in [3.05, 3.63) is 82.8 Å². The molecule has 0 aliphatic carbocycles. The minimum Gasteiger partial charge on any atom is -0.497 e. The van der Waals surface area contributed by atoms with Crippen LogP contribution in [0.3, 0.4) is 0 Å².